The van der Waals surface area contributed by atoms with Crippen LogP contribution >= 0.6 is 0 Å². The lowest BCUT2D eigenvalue weighted by Gasteiger charge is -2.27. The molecule has 0 fully saturated rings. The maximum absolute atomic E-state index is 6.74. The van der Waals surface area contributed by atoms with Crippen molar-refractivity contribution in [1.29, 1.82) is 0 Å². The van der Waals surface area contributed by atoms with Crippen LogP contribution in [0.4, 0.5) is 17.1 Å². The average Bonchev–Trinajstić information content (AvgIpc) is 3.51. The fraction of sp³-hybridized carbons (Fsp3) is 0. The number of para-hydroxylation sites is 2. The predicted molar refractivity (Wildman–Crippen MR) is 194 cm³/mol. The van der Waals surface area contributed by atoms with Gasteiger partial charge in [-0.05, 0) is 74.8 Å². The SMILES string of the molecule is c1ccc(-c2ccccc2-c2ccc(N(c3ccccc3)c3c4ccc5ccccc5c4cc4c3oc3ccccc34)cc2)cc1. The number of fused-ring (bicyclic) bond motifs is 6. The molecule has 0 spiro atoms. The van der Waals surface area contributed by atoms with Crippen molar-refractivity contribution in [3.8, 4) is 22.3 Å². The molecule has 0 aliphatic heterocycles. The smallest absolute Gasteiger partial charge is 0.160 e. The third kappa shape index (κ3) is 4.27. The number of benzene rings is 8. The van der Waals surface area contributed by atoms with E-state index < -0.39 is 0 Å². The second-order valence-electron chi connectivity index (χ2n) is 11.7. The highest BCUT2D eigenvalue weighted by Gasteiger charge is 2.23. The first-order valence-corrected chi connectivity index (χ1v) is 15.7. The highest BCUT2D eigenvalue weighted by Crippen LogP contribution is 2.48. The Bertz CT molecular complexity index is 2510. The van der Waals surface area contributed by atoms with E-state index in [1.807, 2.05) is 6.07 Å². The molecule has 0 saturated heterocycles. The summed E-state index contributed by atoms with van der Waals surface area (Å²) in [7, 11) is 0. The highest BCUT2D eigenvalue weighted by atomic mass is 16.3. The molecule has 2 heteroatoms. The second-order valence-corrected chi connectivity index (χ2v) is 11.7. The third-order valence-corrected chi connectivity index (χ3v) is 9.05. The Balaban J connectivity index is 1.31. The molecule has 8 aromatic carbocycles. The summed E-state index contributed by atoms with van der Waals surface area (Å²) < 4.78 is 6.74. The molecule has 0 bridgehead atoms. The quantitative estimate of drug-likeness (QED) is 0.186. The summed E-state index contributed by atoms with van der Waals surface area (Å²) in [6.07, 6.45) is 0. The van der Waals surface area contributed by atoms with Crippen LogP contribution in [0.1, 0.15) is 0 Å². The fourth-order valence-corrected chi connectivity index (χ4v) is 6.91. The van der Waals surface area contributed by atoms with Crippen molar-refractivity contribution in [3.63, 3.8) is 0 Å². The Morgan fingerprint density at radius 2 is 0.957 bits per heavy atom. The average molecular weight is 588 g/mol. The molecule has 9 aromatic rings. The number of anilines is 3. The number of rotatable bonds is 5. The van der Waals surface area contributed by atoms with Crippen LogP contribution in [0, 0.1) is 0 Å². The van der Waals surface area contributed by atoms with Crippen molar-refractivity contribution in [2.45, 2.75) is 0 Å². The van der Waals surface area contributed by atoms with E-state index in [1.54, 1.807) is 0 Å². The largest absolute Gasteiger partial charge is 0.454 e. The molecule has 0 unspecified atom stereocenters. The summed E-state index contributed by atoms with van der Waals surface area (Å²) in [4.78, 5) is 2.36. The van der Waals surface area contributed by atoms with Crippen molar-refractivity contribution < 1.29 is 4.42 Å². The van der Waals surface area contributed by atoms with E-state index in [0.29, 0.717) is 0 Å². The van der Waals surface area contributed by atoms with Crippen LogP contribution in [-0.2, 0) is 0 Å². The molecule has 0 atom stereocenters. The van der Waals surface area contributed by atoms with Gasteiger partial charge in [0.2, 0.25) is 0 Å². The van der Waals surface area contributed by atoms with Crippen LogP contribution in [0.5, 0.6) is 0 Å². The molecule has 0 saturated carbocycles. The molecular formula is C44H29NO. The van der Waals surface area contributed by atoms with Gasteiger partial charge in [0.25, 0.3) is 0 Å². The molecule has 2 nitrogen and oxygen atoms in total. The molecule has 0 aliphatic rings. The summed E-state index contributed by atoms with van der Waals surface area (Å²) in [5.74, 6) is 0. The lowest BCUT2D eigenvalue weighted by molar-refractivity contribution is 0.669. The normalized spacial score (nSPS) is 11.5. The minimum absolute atomic E-state index is 0.881. The van der Waals surface area contributed by atoms with Gasteiger partial charge >= 0.3 is 0 Å². The summed E-state index contributed by atoms with van der Waals surface area (Å²) in [5, 5.41) is 7.04. The number of nitrogens with zero attached hydrogens (tertiary/aromatic N) is 1. The molecule has 1 aromatic heterocycles. The Hall–Kier alpha value is -6.12. The predicted octanol–water partition coefficient (Wildman–Crippen LogP) is 12.7. The third-order valence-electron chi connectivity index (χ3n) is 9.05. The topological polar surface area (TPSA) is 16.4 Å². The van der Waals surface area contributed by atoms with Gasteiger partial charge in [0, 0.05) is 27.5 Å². The van der Waals surface area contributed by atoms with Gasteiger partial charge in [-0.2, -0.15) is 0 Å². The van der Waals surface area contributed by atoms with E-state index in [4.69, 9.17) is 4.42 Å². The summed E-state index contributed by atoms with van der Waals surface area (Å²) in [5.41, 5.74) is 9.77. The van der Waals surface area contributed by atoms with Gasteiger partial charge in [-0.15, -0.1) is 0 Å². The van der Waals surface area contributed by atoms with Crippen molar-refractivity contribution >= 4 is 60.5 Å². The van der Waals surface area contributed by atoms with Crippen LogP contribution in [0.15, 0.2) is 180 Å². The van der Waals surface area contributed by atoms with Gasteiger partial charge in [-0.25, -0.2) is 0 Å². The monoisotopic (exact) mass is 587 g/mol. The molecule has 0 radical (unpaired) electrons. The van der Waals surface area contributed by atoms with Gasteiger partial charge in [0.1, 0.15) is 5.58 Å². The fourth-order valence-electron chi connectivity index (χ4n) is 6.91. The molecule has 9 rings (SSSR count). The molecule has 46 heavy (non-hydrogen) atoms. The van der Waals surface area contributed by atoms with Crippen LogP contribution in [-0.4, -0.2) is 0 Å². The molecule has 0 aliphatic carbocycles. The number of hydrogen-bond acceptors (Lipinski definition) is 2. The van der Waals surface area contributed by atoms with Gasteiger partial charge in [0.05, 0.1) is 5.69 Å². The van der Waals surface area contributed by atoms with Crippen LogP contribution in [0.2, 0.25) is 0 Å². The van der Waals surface area contributed by atoms with Crippen LogP contribution < -0.4 is 4.90 Å². The Kier molecular flexibility index (Phi) is 6.17. The first-order valence-electron chi connectivity index (χ1n) is 15.7. The maximum atomic E-state index is 6.74. The summed E-state index contributed by atoms with van der Waals surface area (Å²) in [6.45, 7) is 0. The van der Waals surface area contributed by atoms with Crippen molar-refractivity contribution in [2.24, 2.45) is 0 Å². The Labute approximate surface area is 267 Å². The Morgan fingerprint density at radius 1 is 0.370 bits per heavy atom. The van der Waals surface area contributed by atoms with Gasteiger partial charge in [-0.3, -0.25) is 0 Å². The molecule has 1 heterocycles. The van der Waals surface area contributed by atoms with E-state index in [2.05, 4.69) is 175 Å². The molecular weight excluding hydrogens is 558 g/mol. The first kappa shape index (κ1) is 26.3. The van der Waals surface area contributed by atoms with Crippen LogP contribution in [0.25, 0.3) is 65.7 Å². The zero-order valence-corrected chi connectivity index (χ0v) is 25.1. The summed E-state index contributed by atoms with van der Waals surface area (Å²) >= 11 is 0. The summed E-state index contributed by atoms with van der Waals surface area (Å²) in [6, 6.07) is 62.6. The zero-order valence-electron chi connectivity index (χ0n) is 25.1. The second kappa shape index (κ2) is 10.8. The lowest BCUT2D eigenvalue weighted by Crippen LogP contribution is -2.11. The molecule has 0 N–H and O–H groups in total. The van der Waals surface area contributed by atoms with Gasteiger partial charge in [-0.1, -0.05) is 140 Å². The standard InChI is InChI=1S/C44H29NO/c1-3-13-30(14-4-1)35-18-9-10-19-36(35)32-23-26-34(27-24-32)45(33-16-5-2-6-17-33)43-39-28-25-31-15-7-8-20-37(31)40(39)29-41-38-21-11-12-22-42(38)46-44(41)43/h1-29H. The highest BCUT2D eigenvalue weighted by molar-refractivity contribution is 6.24. The maximum Gasteiger partial charge on any atom is 0.160 e. The minimum atomic E-state index is 0.881. The van der Waals surface area contributed by atoms with Gasteiger partial charge < -0.3 is 9.32 Å². The number of furan rings is 1. The molecule has 216 valence electrons. The number of hydrogen-bond donors (Lipinski definition) is 0. The van der Waals surface area contributed by atoms with Crippen molar-refractivity contribution in [1.82, 2.24) is 0 Å². The van der Waals surface area contributed by atoms with E-state index in [0.717, 1.165) is 44.4 Å². The van der Waals surface area contributed by atoms with Crippen LogP contribution in [0.3, 0.4) is 0 Å². The first-order chi connectivity index (χ1) is 22.8. The van der Waals surface area contributed by atoms with E-state index in [9.17, 15) is 0 Å². The van der Waals surface area contributed by atoms with Crippen molar-refractivity contribution in [3.05, 3.63) is 176 Å². The van der Waals surface area contributed by atoms with Gasteiger partial charge in [0.15, 0.2) is 5.58 Å². The molecule has 0 amide bonds. The van der Waals surface area contributed by atoms with E-state index in [1.165, 1.54) is 38.4 Å². The lowest BCUT2D eigenvalue weighted by atomic mass is 9.94. The Morgan fingerprint density at radius 3 is 1.72 bits per heavy atom. The minimum Gasteiger partial charge on any atom is -0.454 e. The van der Waals surface area contributed by atoms with E-state index >= 15 is 0 Å². The van der Waals surface area contributed by atoms with Crippen molar-refractivity contribution in [2.75, 3.05) is 4.90 Å². The van der Waals surface area contributed by atoms with E-state index in [-0.39, 0.29) is 0 Å². The zero-order chi connectivity index (χ0) is 30.5.